The van der Waals surface area contributed by atoms with Crippen LogP contribution in [0.4, 0.5) is 5.69 Å². The summed E-state index contributed by atoms with van der Waals surface area (Å²) in [5.41, 5.74) is 4.33. The van der Waals surface area contributed by atoms with E-state index in [0.29, 0.717) is 6.04 Å². The molecular weight excluding hydrogens is 328 g/mol. The highest BCUT2D eigenvalue weighted by molar-refractivity contribution is 6.09. The first-order valence-corrected chi connectivity index (χ1v) is 9.38. The maximum Gasteiger partial charge on any atom is 0.310 e. The van der Waals surface area contributed by atoms with Gasteiger partial charge in [0.15, 0.2) is 0 Å². The number of allylic oxidation sites excluding steroid dienone is 1. The summed E-state index contributed by atoms with van der Waals surface area (Å²) in [5, 5.41) is 0. The molecule has 0 spiro atoms. The molecule has 1 unspecified atom stereocenters. The molecule has 136 valence electrons. The SMILES string of the molecule is C/C=C1/CN2CC[C@]34C(=Nc5ccc(OC)cc53)[C@@H]2C[C@@H]1C4C(=O)OC. The van der Waals surface area contributed by atoms with E-state index in [1.165, 1.54) is 18.4 Å². The van der Waals surface area contributed by atoms with E-state index in [0.717, 1.165) is 42.9 Å². The molecule has 0 N–H and O–H groups in total. The minimum absolute atomic E-state index is 0.105. The number of nitrogens with zero attached hydrogens (tertiary/aromatic N) is 2. The lowest BCUT2D eigenvalue weighted by molar-refractivity contribution is -0.151. The number of rotatable bonds is 2. The number of methoxy groups -OCH3 is 2. The Hall–Kier alpha value is -2.14. The van der Waals surface area contributed by atoms with Gasteiger partial charge in [-0.3, -0.25) is 14.7 Å². The van der Waals surface area contributed by atoms with E-state index >= 15 is 0 Å². The summed E-state index contributed by atoms with van der Waals surface area (Å²) in [7, 11) is 3.20. The molecule has 1 aromatic rings. The van der Waals surface area contributed by atoms with Gasteiger partial charge < -0.3 is 9.47 Å². The van der Waals surface area contributed by atoms with Crippen molar-refractivity contribution in [2.45, 2.75) is 31.2 Å². The number of ether oxygens (including phenoxy) is 2. The first-order valence-electron chi connectivity index (χ1n) is 9.38. The van der Waals surface area contributed by atoms with Gasteiger partial charge in [0, 0.05) is 24.8 Å². The lowest BCUT2D eigenvalue weighted by Gasteiger charge is -2.59. The Balaban J connectivity index is 1.77. The van der Waals surface area contributed by atoms with Gasteiger partial charge in [0.25, 0.3) is 0 Å². The largest absolute Gasteiger partial charge is 0.497 e. The second-order valence-corrected chi connectivity index (χ2v) is 7.79. The molecular formula is C21H24N2O3. The van der Waals surface area contributed by atoms with E-state index in [9.17, 15) is 4.79 Å². The fraction of sp³-hybridized carbons (Fsp3) is 0.524. The molecule has 2 saturated heterocycles. The van der Waals surface area contributed by atoms with Gasteiger partial charge in [-0.05, 0) is 49.4 Å². The van der Waals surface area contributed by atoms with Gasteiger partial charge in [0.05, 0.1) is 31.2 Å². The molecule has 5 heteroatoms. The lowest BCUT2D eigenvalue weighted by atomic mass is 9.51. The summed E-state index contributed by atoms with van der Waals surface area (Å²) < 4.78 is 10.8. The van der Waals surface area contributed by atoms with E-state index in [1.54, 1.807) is 7.11 Å². The third kappa shape index (κ3) is 1.79. The fourth-order valence-corrected chi connectivity index (χ4v) is 5.92. The average molecular weight is 352 g/mol. The topological polar surface area (TPSA) is 51.1 Å². The molecule has 3 heterocycles. The van der Waals surface area contributed by atoms with Gasteiger partial charge in [0.2, 0.25) is 0 Å². The molecule has 0 aromatic heterocycles. The van der Waals surface area contributed by atoms with E-state index in [-0.39, 0.29) is 23.2 Å². The van der Waals surface area contributed by atoms with Crippen LogP contribution < -0.4 is 4.74 Å². The first-order chi connectivity index (χ1) is 12.6. The first kappa shape index (κ1) is 16.1. The van der Waals surface area contributed by atoms with Crippen molar-refractivity contribution in [3.05, 3.63) is 35.4 Å². The molecule has 3 aliphatic heterocycles. The average Bonchev–Trinajstić information content (AvgIpc) is 3.02. The zero-order chi connectivity index (χ0) is 18.1. The highest BCUT2D eigenvalue weighted by Crippen LogP contribution is 2.60. The van der Waals surface area contributed by atoms with Crippen LogP contribution in [0.25, 0.3) is 0 Å². The molecule has 1 aromatic carbocycles. The number of piperidine rings is 2. The third-order valence-corrected chi connectivity index (χ3v) is 7.03. The number of hydrogen-bond acceptors (Lipinski definition) is 5. The molecule has 4 aliphatic rings. The number of hydrogen-bond donors (Lipinski definition) is 0. The molecule has 5 rings (SSSR count). The summed E-state index contributed by atoms with van der Waals surface area (Å²) in [4.78, 5) is 20.7. The van der Waals surface area contributed by atoms with Crippen LogP contribution in [0.1, 0.15) is 25.3 Å². The zero-order valence-corrected chi connectivity index (χ0v) is 15.5. The third-order valence-electron chi connectivity index (χ3n) is 7.03. The lowest BCUT2D eigenvalue weighted by Crippen LogP contribution is -2.68. The Morgan fingerprint density at radius 3 is 2.96 bits per heavy atom. The normalized spacial score (nSPS) is 35.7. The number of aliphatic imine (C=N–C) groups is 1. The Bertz CT molecular complexity index is 859. The summed E-state index contributed by atoms with van der Waals surface area (Å²) in [6, 6.07) is 6.41. The van der Waals surface area contributed by atoms with Crippen LogP contribution >= 0.6 is 0 Å². The molecule has 4 atom stereocenters. The molecule has 5 nitrogen and oxygen atoms in total. The van der Waals surface area contributed by atoms with Crippen molar-refractivity contribution >= 4 is 17.4 Å². The van der Waals surface area contributed by atoms with Crippen LogP contribution in [0.3, 0.4) is 0 Å². The monoisotopic (exact) mass is 352 g/mol. The van der Waals surface area contributed by atoms with Gasteiger partial charge in [-0.2, -0.15) is 0 Å². The highest BCUT2D eigenvalue weighted by atomic mass is 16.5. The fourth-order valence-electron chi connectivity index (χ4n) is 5.92. The van der Waals surface area contributed by atoms with Crippen molar-refractivity contribution in [2.24, 2.45) is 16.8 Å². The van der Waals surface area contributed by atoms with Crippen LogP contribution in [0, 0.1) is 11.8 Å². The summed E-state index contributed by atoms with van der Waals surface area (Å²) in [6.07, 6.45) is 4.08. The Morgan fingerprint density at radius 1 is 1.38 bits per heavy atom. The summed E-state index contributed by atoms with van der Waals surface area (Å²) in [6.45, 7) is 4.01. The quantitative estimate of drug-likeness (QED) is 0.607. The van der Waals surface area contributed by atoms with Gasteiger partial charge in [-0.1, -0.05) is 11.6 Å². The molecule has 1 aliphatic carbocycles. The van der Waals surface area contributed by atoms with Crippen molar-refractivity contribution in [3.8, 4) is 5.75 Å². The maximum atomic E-state index is 13.1. The molecule has 1 saturated carbocycles. The van der Waals surface area contributed by atoms with Crippen molar-refractivity contribution in [2.75, 3.05) is 27.3 Å². The number of benzene rings is 1. The number of carbonyl (C=O) groups excluding carboxylic acids is 1. The van der Waals surface area contributed by atoms with Gasteiger partial charge in [0.1, 0.15) is 5.75 Å². The molecule has 26 heavy (non-hydrogen) atoms. The van der Waals surface area contributed by atoms with Crippen LogP contribution in [-0.4, -0.2) is 49.9 Å². The standard InChI is InChI=1S/C21H24N2O3/c1-4-12-11-23-8-7-21-15-9-13(25-2)5-6-16(15)22-19(21)17(23)10-14(12)18(21)20(24)26-3/h4-6,9,14,17-18H,7-8,10-11H2,1-3H3/b12-4-/t14-,17-,18?,21-/m0/s1. The molecule has 3 bridgehead atoms. The maximum absolute atomic E-state index is 13.1. The van der Waals surface area contributed by atoms with Crippen LogP contribution in [0.5, 0.6) is 5.75 Å². The predicted molar refractivity (Wildman–Crippen MR) is 99.1 cm³/mol. The Morgan fingerprint density at radius 2 is 2.23 bits per heavy atom. The van der Waals surface area contributed by atoms with Crippen molar-refractivity contribution in [1.82, 2.24) is 4.90 Å². The number of fused-ring (bicyclic) bond motifs is 2. The van der Waals surface area contributed by atoms with Crippen molar-refractivity contribution < 1.29 is 14.3 Å². The van der Waals surface area contributed by atoms with E-state index in [4.69, 9.17) is 14.5 Å². The highest BCUT2D eigenvalue weighted by Gasteiger charge is 2.65. The second-order valence-electron chi connectivity index (χ2n) is 7.79. The van der Waals surface area contributed by atoms with Crippen LogP contribution in [0.2, 0.25) is 0 Å². The van der Waals surface area contributed by atoms with Crippen molar-refractivity contribution in [1.29, 1.82) is 0 Å². The van der Waals surface area contributed by atoms with E-state index in [2.05, 4.69) is 24.0 Å². The van der Waals surface area contributed by atoms with E-state index in [1.807, 2.05) is 12.1 Å². The van der Waals surface area contributed by atoms with E-state index < -0.39 is 0 Å². The Kier molecular flexibility index (Phi) is 3.35. The number of esters is 1. The molecule has 3 fully saturated rings. The molecule has 0 radical (unpaired) electrons. The van der Waals surface area contributed by atoms with Crippen LogP contribution in [-0.2, 0) is 14.9 Å². The second kappa shape index (κ2) is 5.43. The molecule has 0 amide bonds. The number of carbonyl (C=O) groups is 1. The van der Waals surface area contributed by atoms with Gasteiger partial charge in [-0.15, -0.1) is 0 Å². The minimum Gasteiger partial charge on any atom is -0.497 e. The van der Waals surface area contributed by atoms with Crippen molar-refractivity contribution in [3.63, 3.8) is 0 Å². The predicted octanol–water partition coefficient (Wildman–Crippen LogP) is 2.86. The zero-order valence-electron chi connectivity index (χ0n) is 15.5. The van der Waals surface area contributed by atoms with Gasteiger partial charge >= 0.3 is 5.97 Å². The summed E-state index contributed by atoms with van der Waals surface area (Å²) >= 11 is 0. The van der Waals surface area contributed by atoms with Gasteiger partial charge in [-0.25, -0.2) is 0 Å². The summed E-state index contributed by atoms with van der Waals surface area (Å²) in [5.74, 6) is 0.740. The van der Waals surface area contributed by atoms with Crippen LogP contribution in [0.15, 0.2) is 34.8 Å². The Labute approximate surface area is 153 Å². The smallest absolute Gasteiger partial charge is 0.310 e. The minimum atomic E-state index is -0.351.